The average Bonchev–Trinajstić information content (AvgIpc) is 2.55. The summed E-state index contributed by atoms with van der Waals surface area (Å²) in [6.45, 7) is 6.40. The lowest BCUT2D eigenvalue weighted by atomic mass is 9.70. The van der Waals surface area contributed by atoms with E-state index in [4.69, 9.17) is 11.6 Å². The van der Waals surface area contributed by atoms with Crippen molar-refractivity contribution in [3.05, 3.63) is 38.9 Å². The molecule has 1 unspecified atom stereocenters. The van der Waals surface area contributed by atoms with Crippen molar-refractivity contribution >= 4 is 29.1 Å². The van der Waals surface area contributed by atoms with Gasteiger partial charge in [0.05, 0.1) is 15.5 Å². The lowest BCUT2D eigenvalue weighted by Gasteiger charge is -2.38. The summed E-state index contributed by atoms with van der Waals surface area (Å²) in [6.07, 6.45) is 3.35. The number of halogens is 1. The first-order chi connectivity index (χ1) is 12.1. The van der Waals surface area contributed by atoms with Crippen LogP contribution in [0, 0.1) is 21.4 Å². The van der Waals surface area contributed by atoms with Crippen molar-refractivity contribution in [2.75, 3.05) is 6.54 Å². The molecule has 0 aromatic heterocycles. The fraction of sp³-hybridized carbons (Fsp3) is 0.556. The van der Waals surface area contributed by atoms with Crippen LogP contribution in [0.5, 0.6) is 0 Å². The Bertz CT molecular complexity index is 716. The van der Waals surface area contributed by atoms with Gasteiger partial charge in [-0.1, -0.05) is 38.8 Å². The van der Waals surface area contributed by atoms with E-state index < -0.39 is 16.9 Å². The molecule has 0 saturated heterocycles. The maximum atomic E-state index is 12.5. The smallest absolute Gasteiger partial charge is 0.270 e. The lowest BCUT2D eigenvalue weighted by Crippen LogP contribution is -2.52. The van der Waals surface area contributed by atoms with E-state index in [2.05, 4.69) is 17.6 Å². The van der Waals surface area contributed by atoms with Gasteiger partial charge in [0.2, 0.25) is 5.91 Å². The molecule has 0 spiro atoms. The van der Waals surface area contributed by atoms with Gasteiger partial charge in [0.25, 0.3) is 11.6 Å². The van der Waals surface area contributed by atoms with Crippen LogP contribution in [0.4, 0.5) is 5.69 Å². The first-order valence-electron chi connectivity index (χ1n) is 8.65. The Hall–Kier alpha value is -2.15. The fourth-order valence-corrected chi connectivity index (χ4v) is 3.18. The molecule has 0 heterocycles. The van der Waals surface area contributed by atoms with Crippen molar-refractivity contribution in [3.8, 4) is 0 Å². The minimum Gasteiger partial charge on any atom is -0.354 e. The van der Waals surface area contributed by atoms with E-state index in [0.717, 1.165) is 18.9 Å². The SMILES string of the molecule is CC(C)C(NC(=O)c1ccc([N+](=O)[O-])cc1Cl)C(=O)NCC1(C)CCC1. The largest absolute Gasteiger partial charge is 0.354 e. The van der Waals surface area contributed by atoms with E-state index in [1.54, 1.807) is 0 Å². The van der Waals surface area contributed by atoms with Crippen molar-refractivity contribution in [2.24, 2.45) is 11.3 Å². The number of rotatable bonds is 7. The number of nitrogens with zero attached hydrogens (tertiary/aromatic N) is 1. The molecule has 1 saturated carbocycles. The average molecular weight is 382 g/mol. The van der Waals surface area contributed by atoms with Crippen molar-refractivity contribution in [1.29, 1.82) is 0 Å². The maximum Gasteiger partial charge on any atom is 0.270 e. The third kappa shape index (κ3) is 4.72. The molecule has 142 valence electrons. The van der Waals surface area contributed by atoms with Crippen LogP contribution in [-0.4, -0.2) is 29.3 Å². The molecule has 2 amide bonds. The zero-order valence-electron chi connectivity index (χ0n) is 15.2. The van der Waals surface area contributed by atoms with Gasteiger partial charge in [-0.3, -0.25) is 19.7 Å². The highest BCUT2D eigenvalue weighted by Gasteiger charge is 2.33. The molecule has 2 N–H and O–H groups in total. The molecular formula is C18H24ClN3O4. The Kier molecular flexibility index (Phi) is 6.23. The summed E-state index contributed by atoms with van der Waals surface area (Å²) in [7, 11) is 0. The molecular weight excluding hydrogens is 358 g/mol. The minimum atomic E-state index is -0.711. The second-order valence-corrected chi connectivity index (χ2v) is 7.91. The van der Waals surface area contributed by atoms with Gasteiger partial charge in [0.1, 0.15) is 6.04 Å². The summed E-state index contributed by atoms with van der Waals surface area (Å²) in [6, 6.07) is 2.92. The van der Waals surface area contributed by atoms with Crippen LogP contribution in [0.15, 0.2) is 18.2 Å². The highest BCUT2D eigenvalue weighted by atomic mass is 35.5. The highest BCUT2D eigenvalue weighted by Crippen LogP contribution is 2.39. The molecule has 8 heteroatoms. The first-order valence-corrected chi connectivity index (χ1v) is 9.03. The molecule has 0 radical (unpaired) electrons. The molecule has 2 rings (SSSR count). The quantitative estimate of drug-likeness (QED) is 0.558. The van der Waals surface area contributed by atoms with Gasteiger partial charge >= 0.3 is 0 Å². The number of hydrogen-bond donors (Lipinski definition) is 2. The van der Waals surface area contributed by atoms with E-state index in [1.165, 1.54) is 18.6 Å². The third-order valence-corrected chi connectivity index (χ3v) is 5.21. The van der Waals surface area contributed by atoms with Gasteiger partial charge in [0, 0.05) is 18.7 Å². The predicted octanol–water partition coefficient (Wildman–Crippen LogP) is 3.31. The molecule has 1 fully saturated rings. The molecule has 26 heavy (non-hydrogen) atoms. The Morgan fingerprint density at radius 1 is 1.35 bits per heavy atom. The Morgan fingerprint density at radius 3 is 2.46 bits per heavy atom. The zero-order valence-corrected chi connectivity index (χ0v) is 15.9. The van der Waals surface area contributed by atoms with Crippen LogP contribution < -0.4 is 10.6 Å². The Balaban J connectivity index is 2.05. The number of hydrogen-bond acceptors (Lipinski definition) is 4. The maximum absolute atomic E-state index is 12.5. The Labute approximate surface area is 157 Å². The van der Waals surface area contributed by atoms with E-state index >= 15 is 0 Å². The molecule has 0 bridgehead atoms. The molecule has 1 aliphatic carbocycles. The number of amides is 2. The topological polar surface area (TPSA) is 101 Å². The van der Waals surface area contributed by atoms with Gasteiger partial charge < -0.3 is 10.6 Å². The molecule has 1 atom stereocenters. The zero-order chi connectivity index (χ0) is 19.5. The Morgan fingerprint density at radius 2 is 2.00 bits per heavy atom. The fourth-order valence-electron chi connectivity index (χ4n) is 2.92. The van der Waals surface area contributed by atoms with E-state index in [-0.39, 0.29) is 33.5 Å². The van der Waals surface area contributed by atoms with E-state index in [9.17, 15) is 19.7 Å². The predicted molar refractivity (Wildman–Crippen MR) is 99.2 cm³/mol. The number of nitro benzene ring substituents is 1. The van der Waals surface area contributed by atoms with Crippen molar-refractivity contribution in [2.45, 2.75) is 46.1 Å². The summed E-state index contributed by atoms with van der Waals surface area (Å²) in [5.74, 6) is -0.891. The summed E-state index contributed by atoms with van der Waals surface area (Å²) < 4.78 is 0. The van der Waals surface area contributed by atoms with Crippen molar-refractivity contribution in [1.82, 2.24) is 10.6 Å². The summed E-state index contributed by atoms with van der Waals surface area (Å²) in [5, 5.41) is 16.4. The van der Waals surface area contributed by atoms with Crippen LogP contribution >= 0.6 is 11.6 Å². The molecule has 7 nitrogen and oxygen atoms in total. The molecule has 1 aromatic rings. The van der Waals surface area contributed by atoms with Crippen molar-refractivity contribution < 1.29 is 14.5 Å². The van der Waals surface area contributed by atoms with Gasteiger partial charge in [-0.15, -0.1) is 0 Å². The lowest BCUT2D eigenvalue weighted by molar-refractivity contribution is -0.384. The van der Waals surface area contributed by atoms with Crippen LogP contribution in [0.2, 0.25) is 5.02 Å². The third-order valence-electron chi connectivity index (χ3n) is 4.89. The number of carbonyl (C=O) groups excluding carboxylic acids is 2. The first kappa shape index (κ1) is 20.2. The molecule has 1 aromatic carbocycles. The molecule has 0 aliphatic heterocycles. The van der Waals surface area contributed by atoms with E-state index in [1.807, 2.05) is 13.8 Å². The number of carbonyl (C=O) groups is 2. The second-order valence-electron chi connectivity index (χ2n) is 7.50. The van der Waals surface area contributed by atoms with Gasteiger partial charge in [-0.25, -0.2) is 0 Å². The van der Waals surface area contributed by atoms with Gasteiger partial charge in [0.15, 0.2) is 0 Å². The number of nitrogens with one attached hydrogen (secondary N) is 2. The van der Waals surface area contributed by atoms with Crippen LogP contribution in [0.25, 0.3) is 0 Å². The highest BCUT2D eigenvalue weighted by molar-refractivity contribution is 6.34. The van der Waals surface area contributed by atoms with Gasteiger partial charge in [-0.2, -0.15) is 0 Å². The van der Waals surface area contributed by atoms with E-state index in [0.29, 0.717) is 6.54 Å². The van der Waals surface area contributed by atoms with Crippen molar-refractivity contribution in [3.63, 3.8) is 0 Å². The van der Waals surface area contributed by atoms with Crippen LogP contribution in [0.1, 0.15) is 50.4 Å². The van der Waals surface area contributed by atoms with Crippen LogP contribution in [-0.2, 0) is 4.79 Å². The molecule has 1 aliphatic rings. The minimum absolute atomic E-state index is 0.0263. The number of non-ortho nitro benzene ring substituents is 1. The van der Waals surface area contributed by atoms with Gasteiger partial charge in [-0.05, 0) is 30.2 Å². The summed E-state index contributed by atoms with van der Waals surface area (Å²) in [5.41, 5.74) is 0.0446. The number of nitro groups is 1. The monoisotopic (exact) mass is 381 g/mol. The van der Waals surface area contributed by atoms with Crippen LogP contribution in [0.3, 0.4) is 0 Å². The summed E-state index contributed by atoms with van der Waals surface area (Å²) in [4.78, 5) is 35.2. The second kappa shape index (κ2) is 8.03. The number of benzene rings is 1. The standard InChI is InChI=1S/C18H24ClN3O4/c1-11(2)15(17(24)20-10-18(3)7-4-8-18)21-16(23)13-6-5-12(22(25)26)9-14(13)19/h5-6,9,11,15H,4,7-8,10H2,1-3H3,(H,20,24)(H,21,23). The normalized spacial score (nSPS) is 16.5. The summed E-state index contributed by atoms with van der Waals surface area (Å²) >= 11 is 5.99.